The number of nitrogens with one attached hydrogen (secondary N) is 1. The molecule has 1 fully saturated rings. The van der Waals surface area contributed by atoms with Gasteiger partial charge in [0.1, 0.15) is 11.3 Å². The van der Waals surface area contributed by atoms with Crippen LogP contribution in [-0.4, -0.2) is 39.6 Å². The number of aromatic nitrogens is 1. The van der Waals surface area contributed by atoms with Crippen molar-refractivity contribution < 1.29 is 17.6 Å². The summed E-state index contributed by atoms with van der Waals surface area (Å²) in [7, 11) is -2.21. The molecule has 0 amide bonds. The minimum absolute atomic E-state index is 0.0310. The SMILES string of the molecule is COc1ccc(S(=O)(=O)NCC2CCCN2c2nc3ccccc3o2)cc1Cl. The number of nitrogens with zero attached hydrogens (tertiary/aromatic N) is 2. The standard InChI is InChI=1S/C19H20ClN3O4S/c1-26-17-9-8-14(11-15(17)20)28(24,25)21-12-13-5-4-10-23(13)19-22-16-6-2-3-7-18(16)27-19/h2-3,6-9,11,13,21H,4-5,10,12H2,1H3. The van der Waals surface area contributed by atoms with Crippen molar-refractivity contribution in [3.63, 3.8) is 0 Å². The minimum atomic E-state index is -3.69. The van der Waals surface area contributed by atoms with E-state index >= 15 is 0 Å². The van der Waals surface area contributed by atoms with Gasteiger partial charge in [-0.2, -0.15) is 4.98 Å². The number of para-hydroxylation sites is 2. The monoisotopic (exact) mass is 421 g/mol. The van der Waals surface area contributed by atoms with Gasteiger partial charge in [0.15, 0.2) is 5.58 Å². The molecule has 2 aromatic carbocycles. The van der Waals surface area contributed by atoms with Crippen molar-refractivity contribution in [3.05, 3.63) is 47.5 Å². The molecule has 1 aliphatic heterocycles. The highest BCUT2D eigenvalue weighted by atomic mass is 35.5. The van der Waals surface area contributed by atoms with E-state index in [0.717, 1.165) is 30.5 Å². The van der Waals surface area contributed by atoms with Crippen molar-refractivity contribution >= 4 is 38.7 Å². The zero-order chi connectivity index (χ0) is 19.7. The van der Waals surface area contributed by atoms with E-state index in [1.54, 1.807) is 0 Å². The maximum atomic E-state index is 12.7. The number of methoxy groups -OCH3 is 1. The molecule has 0 bridgehead atoms. The summed E-state index contributed by atoms with van der Waals surface area (Å²) in [6, 6.07) is 12.5. The second-order valence-corrected chi connectivity index (χ2v) is 8.78. The van der Waals surface area contributed by atoms with Crippen LogP contribution in [0.3, 0.4) is 0 Å². The van der Waals surface area contributed by atoms with Gasteiger partial charge in [-0.3, -0.25) is 0 Å². The van der Waals surface area contributed by atoms with Gasteiger partial charge in [0, 0.05) is 19.1 Å². The number of anilines is 1. The van der Waals surface area contributed by atoms with Gasteiger partial charge in [0.25, 0.3) is 6.01 Å². The van der Waals surface area contributed by atoms with Gasteiger partial charge in [-0.15, -0.1) is 0 Å². The summed E-state index contributed by atoms with van der Waals surface area (Å²) in [5.74, 6) is 0.429. The zero-order valence-electron chi connectivity index (χ0n) is 15.3. The van der Waals surface area contributed by atoms with Crippen molar-refractivity contribution in [2.45, 2.75) is 23.8 Å². The van der Waals surface area contributed by atoms with Crippen LogP contribution in [0.15, 0.2) is 51.8 Å². The summed E-state index contributed by atoms with van der Waals surface area (Å²) < 4.78 is 38.9. The average Bonchev–Trinajstić information content (AvgIpc) is 3.32. The first kappa shape index (κ1) is 19.0. The highest BCUT2D eigenvalue weighted by Gasteiger charge is 2.30. The first-order valence-corrected chi connectivity index (χ1v) is 10.8. The molecule has 0 aliphatic carbocycles. The van der Waals surface area contributed by atoms with Gasteiger partial charge in [-0.1, -0.05) is 23.7 Å². The first-order valence-electron chi connectivity index (χ1n) is 8.93. The van der Waals surface area contributed by atoms with Crippen LogP contribution in [0.2, 0.25) is 5.02 Å². The number of hydrogen-bond donors (Lipinski definition) is 1. The third-order valence-corrected chi connectivity index (χ3v) is 6.56. The topological polar surface area (TPSA) is 84.7 Å². The third-order valence-electron chi connectivity index (χ3n) is 4.85. The second kappa shape index (κ2) is 7.62. The number of fused-ring (bicyclic) bond motifs is 1. The summed E-state index contributed by atoms with van der Waals surface area (Å²) in [4.78, 5) is 6.65. The van der Waals surface area contributed by atoms with Crippen LogP contribution in [0.5, 0.6) is 5.75 Å². The Balaban J connectivity index is 1.49. The van der Waals surface area contributed by atoms with Crippen LogP contribution in [0.1, 0.15) is 12.8 Å². The largest absolute Gasteiger partial charge is 0.495 e. The molecule has 1 N–H and O–H groups in total. The van der Waals surface area contributed by atoms with Crippen molar-refractivity contribution in [2.75, 3.05) is 25.1 Å². The van der Waals surface area contributed by atoms with E-state index in [0.29, 0.717) is 11.8 Å². The lowest BCUT2D eigenvalue weighted by molar-refractivity contribution is 0.414. The van der Waals surface area contributed by atoms with Crippen LogP contribution in [0.4, 0.5) is 6.01 Å². The molecular formula is C19H20ClN3O4S. The first-order chi connectivity index (χ1) is 13.5. The molecule has 1 saturated heterocycles. The Hall–Kier alpha value is -2.29. The average molecular weight is 422 g/mol. The number of hydrogen-bond acceptors (Lipinski definition) is 6. The molecule has 1 aromatic heterocycles. The number of benzene rings is 2. The molecule has 1 aliphatic rings. The Kier molecular flexibility index (Phi) is 5.18. The Labute approximate surface area is 168 Å². The smallest absolute Gasteiger partial charge is 0.298 e. The minimum Gasteiger partial charge on any atom is -0.495 e. The molecule has 3 aromatic rings. The van der Waals surface area contributed by atoms with Crippen molar-refractivity contribution in [1.29, 1.82) is 0 Å². The number of halogens is 1. The molecule has 9 heteroatoms. The summed E-state index contributed by atoms with van der Waals surface area (Å²) in [6.45, 7) is 1.03. The fourth-order valence-electron chi connectivity index (χ4n) is 3.39. The summed E-state index contributed by atoms with van der Waals surface area (Å²) >= 11 is 6.06. The molecule has 7 nitrogen and oxygen atoms in total. The molecule has 0 saturated carbocycles. The van der Waals surface area contributed by atoms with Gasteiger partial charge in [0.2, 0.25) is 10.0 Å². The van der Waals surface area contributed by atoms with Gasteiger partial charge in [0.05, 0.1) is 17.0 Å². The van der Waals surface area contributed by atoms with E-state index in [1.165, 1.54) is 25.3 Å². The van der Waals surface area contributed by atoms with E-state index in [9.17, 15) is 8.42 Å². The Morgan fingerprint density at radius 2 is 2.14 bits per heavy atom. The Morgan fingerprint density at radius 3 is 2.89 bits per heavy atom. The summed E-state index contributed by atoms with van der Waals surface area (Å²) in [5, 5.41) is 0.249. The Bertz CT molecular complexity index is 1070. The lowest BCUT2D eigenvalue weighted by atomic mass is 10.2. The molecular weight excluding hydrogens is 402 g/mol. The summed E-state index contributed by atoms with van der Waals surface area (Å²) in [6.07, 6.45) is 1.80. The summed E-state index contributed by atoms with van der Waals surface area (Å²) in [5.41, 5.74) is 1.51. The maximum Gasteiger partial charge on any atom is 0.298 e. The van der Waals surface area contributed by atoms with Gasteiger partial charge in [-0.05, 0) is 43.2 Å². The van der Waals surface area contributed by atoms with Crippen LogP contribution in [-0.2, 0) is 10.0 Å². The van der Waals surface area contributed by atoms with Crippen molar-refractivity contribution in [2.24, 2.45) is 0 Å². The molecule has 0 radical (unpaired) electrons. The van der Waals surface area contributed by atoms with E-state index in [-0.39, 0.29) is 22.5 Å². The lowest BCUT2D eigenvalue weighted by Crippen LogP contribution is -2.40. The van der Waals surface area contributed by atoms with E-state index < -0.39 is 10.0 Å². The quantitative estimate of drug-likeness (QED) is 0.656. The number of oxazole rings is 1. The van der Waals surface area contributed by atoms with E-state index in [1.807, 2.05) is 29.2 Å². The van der Waals surface area contributed by atoms with Crippen LogP contribution < -0.4 is 14.4 Å². The predicted octanol–water partition coefficient (Wildman–Crippen LogP) is 3.44. The lowest BCUT2D eigenvalue weighted by Gasteiger charge is -2.23. The van der Waals surface area contributed by atoms with Crippen LogP contribution in [0.25, 0.3) is 11.1 Å². The van der Waals surface area contributed by atoms with Crippen LogP contribution >= 0.6 is 11.6 Å². The molecule has 148 valence electrons. The molecule has 1 atom stereocenters. The van der Waals surface area contributed by atoms with Crippen molar-refractivity contribution in [1.82, 2.24) is 9.71 Å². The van der Waals surface area contributed by atoms with Gasteiger partial charge in [-0.25, -0.2) is 13.1 Å². The molecule has 4 rings (SSSR count). The number of ether oxygens (including phenoxy) is 1. The molecule has 1 unspecified atom stereocenters. The van der Waals surface area contributed by atoms with Gasteiger partial charge >= 0.3 is 0 Å². The third kappa shape index (κ3) is 3.67. The Morgan fingerprint density at radius 1 is 1.32 bits per heavy atom. The number of sulfonamides is 1. The fourth-order valence-corrected chi connectivity index (χ4v) is 4.81. The van der Waals surface area contributed by atoms with E-state index in [4.69, 9.17) is 20.8 Å². The second-order valence-electron chi connectivity index (χ2n) is 6.60. The molecule has 2 heterocycles. The van der Waals surface area contributed by atoms with E-state index in [2.05, 4.69) is 9.71 Å². The van der Waals surface area contributed by atoms with Gasteiger partial charge < -0.3 is 14.1 Å². The predicted molar refractivity (Wildman–Crippen MR) is 108 cm³/mol. The highest BCUT2D eigenvalue weighted by Crippen LogP contribution is 2.29. The van der Waals surface area contributed by atoms with Crippen molar-refractivity contribution in [3.8, 4) is 5.75 Å². The zero-order valence-corrected chi connectivity index (χ0v) is 16.8. The molecule has 28 heavy (non-hydrogen) atoms. The van der Waals surface area contributed by atoms with Crippen LogP contribution in [0, 0.1) is 0 Å². The maximum absolute atomic E-state index is 12.7. The molecule has 0 spiro atoms. The highest BCUT2D eigenvalue weighted by molar-refractivity contribution is 7.89. The fraction of sp³-hybridized carbons (Fsp3) is 0.316. The number of rotatable bonds is 6. The normalized spacial score (nSPS) is 17.4.